The number of hydrogen-bond acceptors (Lipinski definition) is 3. The first-order valence-corrected chi connectivity index (χ1v) is 6.29. The third-order valence-electron chi connectivity index (χ3n) is 3.30. The molecule has 1 aliphatic rings. The van der Waals surface area contributed by atoms with Gasteiger partial charge in [-0.25, -0.2) is 0 Å². The monoisotopic (exact) mass is 256 g/mol. The minimum absolute atomic E-state index is 0.0715. The maximum atomic E-state index is 11.7. The molecule has 0 aromatic rings. The van der Waals surface area contributed by atoms with E-state index >= 15 is 0 Å². The standard InChI is InChI=1S/C12H20N2O4/c13-10(15)3-1-2-6-14-11(16)8-4-5-9(7-8)12(17)18/h8-9H,1-7H2,(H2,13,15)(H,14,16)(H,17,18). The van der Waals surface area contributed by atoms with E-state index < -0.39 is 5.97 Å². The van der Waals surface area contributed by atoms with Gasteiger partial charge in [-0.2, -0.15) is 0 Å². The van der Waals surface area contributed by atoms with E-state index in [1.165, 1.54) is 0 Å². The van der Waals surface area contributed by atoms with Crippen molar-refractivity contribution in [3.63, 3.8) is 0 Å². The van der Waals surface area contributed by atoms with Gasteiger partial charge in [0.2, 0.25) is 11.8 Å². The molecule has 102 valence electrons. The highest BCUT2D eigenvalue weighted by Crippen LogP contribution is 2.30. The average molecular weight is 256 g/mol. The quantitative estimate of drug-likeness (QED) is 0.567. The molecule has 1 fully saturated rings. The summed E-state index contributed by atoms with van der Waals surface area (Å²) in [7, 11) is 0. The number of carboxylic acids is 1. The molecule has 0 bridgehead atoms. The first-order valence-electron chi connectivity index (χ1n) is 6.29. The number of carbonyl (C=O) groups is 3. The highest BCUT2D eigenvalue weighted by atomic mass is 16.4. The highest BCUT2D eigenvalue weighted by molar-refractivity contribution is 5.80. The van der Waals surface area contributed by atoms with Crippen molar-refractivity contribution in [3.8, 4) is 0 Å². The van der Waals surface area contributed by atoms with E-state index in [4.69, 9.17) is 10.8 Å². The summed E-state index contributed by atoms with van der Waals surface area (Å²) in [4.78, 5) is 33.0. The minimum atomic E-state index is -0.813. The summed E-state index contributed by atoms with van der Waals surface area (Å²) in [6, 6.07) is 0. The van der Waals surface area contributed by atoms with Gasteiger partial charge in [-0.05, 0) is 32.1 Å². The van der Waals surface area contributed by atoms with Gasteiger partial charge in [-0.15, -0.1) is 0 Å². The van der Waals surface area contributed by atoms with E-state index in [9.17, 15) is 14.4 Å². The van der Waals surface area contributed by atoms with Crippen LogP contribution in [0.1, 0.15) is 38.5 Å². The van der Waals surface area contributed by atoms with Gasteiger partial charge >= 0.3 is 5.97 Å². The second-order valence-corrected chi connectivity index (χ2v) is 4.76. The van der Waals surface area contributed by atoms with Crippen LogP contribution < -0.4 is 11.1 Å². The fourth-order valence-electron chi connectivity index (χ4n) is 2.22. The number of primary amides is 1. The first-order chi connectivity index (χ1) is 8.50. The van der Waals surface area contributed by atoms with Crippen molar-refractivity contribution < 1.29 is 19.5 Å². The van der Waals surface area contributed by atoms with Crippen LogP contribution in [0.3, 0.4) is 0 Å². The molecule has 2 amide bonds. The van der Waals surface area contributed by atoms with E-state index in [0.29, 0.717) is 45.1 Å². The van der Waals surface area contributed by atoms with Crippen LogP contribution in [0.5, 0.6) is 0 Å². The molecule has 2 atom stereocenters. The molecular formula is C12H20N2O4. The van der Waals surface area contributed by atoms with Crippen LogP contribution in [0.15, 0.2) is 0 Å². The number of amides is 2. The molecule has 0 saturated heterocycles. The fraction of sp³-hybridized carbons (Fsp3) is 0.750. The fourth-order valence-corrected chi connectivity index (χ4v) is 2.22. The Morgan fingerprint density at radius 2 is 1.83 bits per heavy atom. The molecule has 0 aliphatic heterocycles. The molecule has 1 saturated carbocycles. The van der Waals surface area contributed by atoms with Gasteiger partial charge in [0.25, 0.3) is 0 Å². The zero-order valence-electron chi connectivity index (χ0n) is 10.4. The molecule has 1 aliphatic carbocycles. The Morgan fingerprint density at radius 1 is 1.17 bits per heavy atom. The van der Waals surface area contributed by atoms with Gasteiger partial charge in [-0.3, -0.25) is 14.4 Å². The summed E-state index contributed by atoms with van der Waals surface area (Å²) < 4.78 is 0. The van der Waals surface area contributed by atoms with Crippen LogP contribution in [0.2, 0.25) is 0 Å². The Labute approximate surface area is 106 Å². The first kappa shape index (κ1) is 14.5. The summed E-state index contributed by atoms with van der Waals surface area (Å²) >= 11 is 0. The summed E-state index contributed by atoms with van der Waals surface area (Å²) in [5.41, 5.74) is 5.00. The smallest absolute Gasteiger partial charge is 0.306 e. The van der Waals surface area contributed by atoms with Crippen LogP contribution in [0, 0.1) is 11.8 Å². The van der Waals surface area contributed by atoms with Crippen molar-refractivity contribution >= 4 is 17.8 Å². The molecule has 2 unspecified atom stereocenters. The zero-order valence-corrected chi connectivity index (χ0v) is 10.4. The van der Waals surface area contributed by atoms with Crippen molar-refractivity contribution in [2.24, 2.45) is 17.6 Å². The second kappa shape index (κ2) is 6.98. The van der Waals surface area contributed by atoms with Crippen LogP contribution in [0.4, 0.5) is 0 Å². The van der Waals surface area contributed by atoms with Crippen LogP contribution in [-0.2, 0) is 14.4 Å². The molecule has 6 nitrogen and oxygen atoms in total. The van der Waals surface area contributed by atoms with Crippen molar-refractivity contribution in [2.75, 3.05) is 6.54 Å². The topological polar surface area (TPSA) is 109 Å². The Kier molecular flexibility index (Phi) is 5.61. The maximum absolute atomic E-state index is 11.7. The van der Waals surface area contributed by atoms with Gasteiger partial charge in [0.05, 0.1) is 5.92 Å². The molecule has 0 aromatic heterocycles. The lowest BCUT2D eigenvalue weighted by molar-refractivity contribution is -0.141. The SMILES string of the molecule is NC(=O)CCCCNC(=O)C1CCC(C(=O)O)C1. The van der Waals surface area contributed by atoms with Crippen LogP contribution in [0.25, 0.3) is 0 Å². The van der Waals surface area contributed by atoms with Crippen LogP contribution >= 0.6 is 0 Å². The number of carbonyl (C=O) groups excluding carboxylic acids is 2. The van der Waals surface area contributed by atoms with Crippen molar-refractivity contribution in [3.05, 3.63) is 0 Å². The van der Waals surface area contributed by atoms with Gasteiger partial charge in [0.1, 0.15) is 0 Å². The molecule has 18 heavy (non-hydrogen) atoms. The number of nitrogens with one attached hydrogen (secondary N) is 1. The number of hydrogen-bond donors (Lipinski definition) is 3. The summed E-state index contributed by atoms with van der Waals surface area (Å²) in [6.07, 6.45) is 3.36. The van der Waals surface area contributed by atoms with E-state index in [0.717, 1.165) is 0 Å². The predicted octanol–water partition coefficient (Wildman–Crippen LogP) is 0.259. The molecule has 0 heterocycles. The molecule has 6 heteroatoms. The van der Waals surface area contributed by atoms with Gasteiger partial charge < -0.3 is 16.2 Å². The third-order valence-corrected chi connectivity index (χ3v) is 3.30. The maximum Gasteiger partial charge on any atom is 0.306 e. The van der Waals surface area contributed by atoms with E-state index in [2.05, 4.69) is 5.32 Å². The Bertz CT molecular complexity index is 330. The lowest BCUT2D eigenvalue weighted by atomic mass is 10.0. The Balaban J connectivity index is 2.14. The van der Waals surface area contributed by atoms with Gasteiger partial charge in [-0.1, -0.05) is 0 Å². The number of unbranched alkanes of at least 4 members (excludes halogenated alkanes) is 1. The van der Waals surface area contributed by atoms with E-state index in [1.807, 2.05) is 0 Å². The predicted molar refractivity (Wildman–Crippen MR) is 64.5 cm³/mol. The number of rotatable bonds is 7. The Hall–Kier alpha value is -1.59. The normalized spacial score (nSPS) is 22.7. The number of nitrogens with two attached hydrogens (primary N) is 1. The molecule has 0 aromatic carbocycles. The largest absolute Gasteiger partial charge is 0.481 e. The van der Waals surface area contributed by atoms with E-state index in [-0.39, 0.29) is 23.7 Å². The van der Waals surface area contributed by atoms with Crippen molar-refractivity contribution in [1.29, 1.82) is 0 Å². The van der Waals surface area contributed by atoms with E-state index in [1.54, 1.807) is 0 Å². The summed E-state index contributed by atoms with van der Waals surface area (Å²) in [6.45, 7) is 0.514. The minimum Gasteiger partial charge on any atom is -0.481 e. The summed E-state index contributed by atoms with van der Waals surface area (Å²) in [5.74, 6) is -1.77. The highest BCUT2D eigenvalue weighted by Gasteiger charge is 2.33. The zero-order chi connectivity index (χ0) is 13.5. The molecule has 4 N–H and O–H groups in total. The molecule has 1 rings (SSSR count). The lowest BCUT2D eigenvalue weighted by Crippen LogP contribution is -2.30. The number of carboxylic acid groups (broad SMARTS) is 1. The third kappa shape index (κ3) is 4.73. The van der Waals surface area contributed by atoms with Crippen molar-refractivity contribution in [1.82, 2.24) is 5.32 Å². The van der Waals surface area contributed by atoms with Gasteiger partial charge in [0.15, 0.2) is 0 Å². The van der Waals surface area contributed by atoms with Gasteiger partial charge in [0, 0.05) is 18.9 Å². The molecule has 0 radical (unpaired) electrons. The second-order valence-electron chi connectivity index (χ2n) is 4.76. The Morgan fingerprint density at radius 3 is 2.39 bits per heavy atom. The van der Waals surface area contributed by atoms with Crippen LogP contribution in [-0.4, -0.2) is 29.4 Å². The molecular weight excluding hydrogens is 236 g/mol. The average Bonchev–Trinajstić information content (AvgIpc) is 2.77. The lowest BCUT2D eigenvalue weighted by Gasteiger charge is -2.10. The molecule has 0 spiro atoms. The number of aliphatic carboxylic acids is 1. The van der Waals surface area contributed by atoms with Crippen molar-refractivity contribution in [2.45, 2.75) is 38.5 Å². The summed E-state index contributed by atoms with van der Waals surface area (Å²) in [5, 5.41) is 11.6.